The highest BCUT2D eigenvalue weighted by Crippen LogP contribution is 2.29. The second-order valence-corrected chi connectivity index (χ2v) is 8.01. The normalized spacial score (nSPS) is 28.3. The van der Waals surface area contributed by atoms with Gasteiger partial charge in [0.25, 0.3) is 10.1 Å². The molecule has 19 heavy (non-hydrogen) atoms. The van der Waals surface area contributed by atoms with E-state index in [1.54, 1.807) is 12.1 Å². The lowest BCUT2D eigenvalue weighted by Gasteiger charge is -2.30. The largest absolute Gasteiger partial charge is 0.389 e. The van der Waals surface area contributed by atoms with Crippen molar-refractivity contribution in [2.45, 2.75) is 47.2 Å². The molecule has 0 radical (unpaired) electrons. The van der Waals surface area contributed by atoms with Crippen LogP contribution in [0.1, 0.15) is 24.8 Å². The maximum atomic E-state index is 12.1. The Hall–Kier alpha value is -0.180. The topological polar surface area (TPSA) is 63.6 Å². The van der Waals surface area contributed by atoms with Crippen LogP contribution < -0.4 is 0 Å². The molecule has 106 valence electrons. The van der Waals surface area contributed by atoms with Gasteiger partial charge in [0.05, 0.1) is 11.0 Å². The van der Waals surface area contributed by atoms with Gasteiger partial charge in [-0.3, -0.25) is 4.18 Å². The van der Waals surface area contributed by atoms with Crippen molar-refractivity contribution in [2.75, 3.05) is 0 Å². The monoisotopic (exact) mass is 396 g/mol. The summed E-state index contributed by atoms with van der Waals surface area (Å²) in [4.78, 5) is 0.140. The highest BCUT2D eigenvalue weighted by Gasteiger charge is 2.34. The number of halogens is 1. The minimum atomic E-state index is -3.80. The average molecular weight is 396 g/mol. The Morgan fingerprint density at radius 2 is 1.89 bits per heavy atom. The number of benzene rings is 1. The molecule has 0 unspecified atom stereocenters. The lowest BCUT2D eigenvalue weighted by Crippen LogP contribution is -2.40. The first-order valence-corrected chi connectivity index (χ1v) is 8.87. The van der Waals surface area contributed by atoms with Crippen LogP contribution in [0.15, 0.2) is 29.2 Å². The van der Waals surface area contributed by atoms with Crippen LogP contribution in [0.3, 0.4) is 0 Å². The average Bonchev–Trinajstić information content (AvgIpc) is 2.35. The van der Waals surface area contributed by atoms with E-state index in [2.05, 4.69) is 22.6 Å². The lowest BCUT2D eigenvalue weighted by atomic mass is 9.95. The molecule has 1 aliphatic rings. The Balaban J connectivity index is 2.15. The molecule has 6 heteroatoms. The smallest absolute Gasteiger partial charge is 0.297 e. The lowest BCUT2D eigenvalue weighted by molar-refractivity contribution is 0.0184. The molecule has 1 N–H and O–H groups in total. The molecule has 0 heterocycles. The van der Waals surface area contributed by atoms with Crippen LogP contribution in [0.25, 0.3) is 0 Å². The third-order valence-corrected chi connectivity index (χ3v) is 5.99. The second-order valence-electron chi connectivity index (χ2n) is 4.84. The first kappa shape index (κ1) is 15.2. The fraction of sp³-hybridized carbons (Fsp3) is 0.538. The molecule has 1 saturated carbocycles. The number of aryl methyl sites for hydroxylation is 1. The fourth-order valence-electron chi connectivity index (χ4n) is 2.12. The summed E-state index contributed by atoms with van der Waals surface area (Å²) in [6.45, 7) is 1.89. The molecule has 0 aliphatic heterocycles. The molecule has 0 saturated heterocycles. The summed E-state index contributed by atoms with van der Waals surface area (Å²) < 4.78 is 29.5. The van der Waals surface area contributed by atoms with Crippen molar-refractivity contribution in [3.8, 4) is 0 Å². The molecular formula is C13H17IO4S. The second kappa shape index (κ2) is 6.07. The van der Waals surface area contributed by atoms with Gasteiger partial charge in [0.2, 0.25) is 0 Å². The highest BCUT2D eigenvalue weighted by atomic mass is 127. The number of aliphatic hydroxyl groups is 1. The third-order valence-electron chi connectivity index (χ3n) is 3.28. The van der Waals surface area contributed by atoms with Crippen molar-refractivity contribution in [1.29, 1.82) is 0 Å². The molecule has 0 aromatic heterocycles. The standard InChI is InChI=1S/C13H17IO4S/c1-9-5-7-10(8-6-9)19(16,17)18-12-4-2-3-11(14)13(12)15/h5-8,11-13,15H,2-4H2,1H3/t11-,12+,13+/m1/s1. The van der Waals surface area contributed by atoms with Gasteiger partial charge in [0.1, 0.15) is 6.10 Å². The van der Waals surface area contributed by atoms with Gasteiger partial charge in [-0.2, -0.15) is 8.42 Å². The van der Waals surface area contributed by atoms with Crippen molar-refractivity contribution in [3.05, 3.63) is 29.8 Å². The van der Waals surface area contributed by atoms with Crippen LogP contribution in [0.4, 0.5) is 0 Å². The molecule has 0 spiro atoms. The van der Waals surface area contributed by atoms with Gasteiger partial charge >= 0.3 is 0 Å². The first-order chi connectivity index (χ1) is 8.90. The maximum Gasteiger partial charge on any atom is 0.297 e. The number of hydrogen-bond donors (Lipinski definition) is 1. The number of hydrogen-bond acceptors (Lipinski definition) is 4. The summed E-state index contributed by atoms with van der Waals surface area (Å²) in [6.07, 6.45) is 0.980. The van der Waals surface area contributed by atoms with Crippen molar-refractivity contribution < 1.29 is 17.7 Å². The number of alkyl halides is 1. The summed E-state index contributed by atoms with van der Waals surface area (Å²) in [5.74, 6) is 0. The molecule has 2 rings (SSSR count). The number of rotatable bonds is 3. The third kappa shape index (κ3) is 3.68. The predicted molar refractivity (Wildman–Crippen MR) is 80.9 cm³/mol. The quantitative estimate of drug-likeness (QED) is 0.484. The van der Waals surface area contributed by atoms with Gasteiger partial charge in [-0.25, -0.2) is 0 Å². The van der Waals surface area contributed by atoms with Crippen LogP contribution in [-0.2, 0) is 14.3 Å². The van der Waals surface area contributed by atoms with Crippen molar-refractivity contribution in [2.24, 2.45) is 0 Å². The van der Waals surface area contributed by atoms with Crippen molar-refractivity contribution >= 4 is 32.7 Å². The van der Waals surface area contributed by atoms with Crippen LogP contribution in [0, 0.1) is 6.92 Å². The van der Waals surface area contributed by atoms with E-state index in [1.165, 1.54) is 12.1 Å². The highest BCUT2D eigenvalue weighted by molar-refractivity contribution is 14.1. The fourth-order valence-corrected chi connectivity index (χ4v) is 4.14. The Bertz CT molecular complexity index is 526. The molecule has 0 amide bonds. The van der Waals surface area contributed by atoms with Crippen molar-refractivity contribution in [1.82, 2.24) is 0 Å². The van der Waals surface area contributed by atoms with E-state index in [0.29, 0.717) is 6.42 Å². The van der Waals surface area contributed by atoms with Gasteiger partial charge in [-0.1, -0.05) is 40.3 Å². The zero-order chi connectivity index (χ0) is 14.0. The molecule has 1 aromatic rings. The minimum absolute atomic E-state index is 0.0459. The van der Waals surface area contributed by atoms with Gasteiger partial charge < -0.3 is 5.11 Å². The summed E-state index contributed by atoms with van der Waals surface area (Å²) in [7, 11) is -3.80. The van der Waals surface area contributed by atoms with Crippen LogP contribution in [0.5, 0.6) is 0 Å². The summed E-state index contributed by atoms with van der Waals surface area (Å²) in [5, 5.41) is 9.99. The zero-order valence-corrected chi connectivity index (χ0v) is 13.6. The number of aliphatic hydroxyl groups excluding tert-OH is 1. The molecule has 3 atom stereocenters. The Morgan fingerprint density at radius 1 is 1.26 bits per heavy atom. The predicted octanol–water partition coefficient (Wildman–Crippen LogP) is 2.42. The molecule has 1 fully saturated rings. The van der Waals surface area contributed by atoms with E-state index in [4.69, 9.17) is 4.18 Å². The Kier molecular flexibility index (Phi) is 4.86. The Labute approximate surface area is 127 Å². The molecule has 4 nitrogen and oxygen atoms in total. The van der Waals surface area contributed by atoms with Gasteiger partial charge in [-0.15, -0.1) is 0 Å². The first-order valence-electron chi connectivity index (χ1n) is 6.22. The summed E-state index contributed by atoms with van der Waals surface area (Å²) in [5.41, 5.74) is 0.990. The summed E-state index contributed by atoms with van der Waals surface area (Å²) in [6, 6.07) is 6.52. The minimum Gasteiger partial charge on any atom is -0.389 e. The van der Waals surface area contributed by atoms with Crippen LogP contribution in [-0.4, -0.2) is 29.7 Å². The van der Waals surface area contributed by atoms with E-state index in [1.807, 2.05) is 6.92 Å². The van der Waals surface area contributed by atoms with Crippen LogP contribution >= 0.6 is 22.6 Å². The van der Waals surface area contributed by atoms with E-state index < -0.39 is 22.3 Å². The van der Waals surface area contributed by atoms with Gasteiger partial charge in [0, 0.05) is 3.92 Å². The SMILES string of the molecule is Cc1ccc(S(=O)(=O)O[C@H]2CCC[C@@H](I)[C@@H]2O)cc1. The summed E-state index contributed by atoms with van der Waals surface area (Å²) >= 11 is 2.14. The zero-order valence-electron chi connectivity index (χ0n) is 10.6. The molecular weight excluding hydrogens is 379 g/mol. The van der Waals surface area contributed by atoms with E-state index >= 15 is 0 Å². The van der Waals surface area contributed by atoms with Gasteiger partial charge in [-0.05, 0) is 38.3 Å². The van der Waals surface area contributed by atoms with Crippen LogP contribution in [0.2, 0.25) is 0 Å². The molecule has 1 aromatic carbocycles. The van der Waals surface area contributed by atoms with E-state index in [0.717, 1.165) is 18.4 Å². The molecule has 1 aliphatic carbocycles. The van der Waals surface area contributed by atoms with E-state index in [9.17, 15) is 13.5 Å². The molecule has 0 bridgehead atoms. The maximum absolute atomic E-state index is 12.1. The van der Waals surface area contributed by atoms with Gasteiger partial charge in [0.15, 0.2) is 0 Å². The Morgan fingerprint density at radius 3 is 2.53 bits per heavy atom. The van der Waals surface area contributed by atoms with Crippen molar-refractivity contribution in [3.63, 3.8) is 0 Å². The van der Waals surface area contributed by atoms with E-state index in [-0.39, 0.29) is 8.82 Å².